The molecule has 0 radical (unpaired) electrons. The number of aryl methyl sites for hydroxylation is 2. The van der Waals surface area contributed by atoms with Crippen molar-refractivity contribution in [2.24, 2.45) is 0 Å². The number of rotatable bonds is 3. The summed E-state index contributed by atoms with van der Waals surface area (Å²) in [5.41, 5.74) is 4.88. The maximum Gasteiger partial charge on any atom is 0.258 e. The van der Waals surface area contributed by atoms with Crippen LogP contribution < -0.4 is 5.32 Å². The highest BCUT2D eigenvalue weighted by molar-refractivity contribution is 6.02. The van der Waals surface area contributed by atoms with Gasteiger partial charge in [0.1, 0.15) is 11.9 Å². The standard InChI is InChI=1S/C21H22N4O2/c1-12-10-17(14(3)24(12)19-11-13(2)27-23-19)20-22-18-7-5-4-6-16(18)21(26)25(20)15-8-9-15/h4-7,10-11,15,20,22H,8-9H2,1-3H3. The summed E-state index contributed by atoms with van der Waals surface area (Å²) in [6.07, 6.45) is 1.95. The maximum absolute atomic E-state index is 13.2. The van der Waals surface area contributed by atoms with E-state index in [4.69, 9.17) is 4.52 Å². The Morgan fingerprint density at radius 1 is 1.15 bits per heavy atom. The van der Waals surface area contributed by atoms with Gasteiger partial charge in [0.05, 0.1) is 5.56 Å². The summed E-state index contributed by atoms with van der Waals surface area (Å²) in [4.78, 5) is 15.2. The van der Waals surface area contributed by atoms with Gasteiger partial charge in [0.25, 0.3) is 5.91 Å². The zero-order valence-corrected chi connectivity index (χ0v) is 15.7. The molecule has 1 aliphatic heterocycles. The number of fused-ring (bicyclic) bond motifs is 1. The van der Waals surface area contributed by atoms with Gasteiger partial charge in [-0.05, 0) is 51.8 Å². The monoisotopic (exact) mass is 362 g/mol. The molecule has 1 N–H and O–H groups in total. The van der Waals surface area contributed by atoms with Crippen molar-refractivity contribution in [1.29, 1.82) is 0 Å². The van der Waals surface area contributed by atoms with Crippen molar-refractivity contribution in [3.63, 3.8) is 0 Å². The second-order valence-electron chi connectivity index (χ2n) is 7.49. The summed E-state index contributed by atoms with van der Waals surface area (Å²) in [6, 6.07) is 12.1. The van der Waals surface area contributed by atoms with E-state index in [0.29, 0.717) is 6.04 Å². The second-order valence-corrected chi connectivity index (χ2v) is 7.49. The second kappa shape index (κ2) is 5.74. The summed E-state index contributed by atoms with van der Waals surface area (Å²) in [7, 11) is 0. The Labute approximate surface area is 157 Å². The van der Waals surface area contributed by atoms with Crippen molar-refractivity contribution in [3.05, 3.63) is 64.7 Å². The molecule has 1 fully saturated rings. The molecule has 1 unspecified atom stereocenters. The molecule has 6 nitrogen and oxygen atoms in total. The minimum absolute atomic E-state index is 0.110. The van der Waals surface area contributed by atoms with Crippen LogP contribution in [0.1, 0.15) is 52.1 Å². The fourth-order valence-corrected chi connectivity index (χ4v) is 4.10. The van der Waals surface area contributed by atoms with Crippen LogP contribution >= 0.6 is 0 Å². The predicted octanol–water partition coefficient (Wildman–Crippen LogP) is 4.12. The first-order valence-corrected chi connectivity index (χ1v) is 9.35. The van der Waals surface area contributed by atoms with E-state index in [1.165, 1.54) is 0 Å². The van der Waals surface area contributed by atoms with Gasteiger partial charge in [0, 0.05) is 34.7 Å². The van der Waals surface area contributed by atoms with Gasteiger partial charge in [0.2, 0.25) is 0 Å². The van der Waals surface area contributed by atoms with Crippen LogP contribution in [-0.2, 0) is 0 Å². The molecular formula is C21H22N4O2. The van der Waals surface area contributed by atoms with Crippen molar-refractivity contribution in [2.45, 2.75) is 45.8 Å². The Hall–Kier alpha value is -3.02. The lowest BCUT2D eigenvalue weighted by Gasteiger charge is -2.38. The maximum atomic E-state index is 13.2. The predicted molar refractivity (Wildman–Crippen MR) is 102 cm³/mol. The van der Waals surface area contributed by atoms with Crippen LogP contribution in [0.4, 0.5) is 5.69 Å². The third kappa shape index (κ3) is 2.47. The Bertz CT molecular complexity index is 1040. The summed E-state index contributed by atoms with van der Waals surface area (Å²) < 4.78 is 7.35. The number of hydrogen-bond acceptors (Lipinski definition) is 4. The van der Waals surface area contributed by atoms with Crippen molar-refractivity contribution in [2.75, 3.05) is 5.32 Å². The van der Waals surface area contributed by atoms with Crippen molar-refractivity contribution >= 4 is 11.6 Å². The molecule has 0 spiro atoms. The largest absolute Gasteiger partial charge is 0.361 e. The highest BCUT2D eigenvalue weighted by atomic mass is 16.5. The number of hydrogen-bond donors (Lipinski definition) is 1. The molecule has 138 valence electrons. The summed E-state index contributed by atoms with van der Waals surface area (Å²) in [6.45, 7) is 6.02. The first-order chi connectivity index (χ1) is 13.0. The molecule has 0 bridgehead atoms. The molecule has 2 aliphatic rings. The van der Waals surface area contributed by atoms with E-state index in [1.807, 2.05) is 42.2 Å². The van der Waals surface area contributed by atoms with Crippen LogP contribution in [0.2, 0.25) is 0 Å². The van der Waals surface area contributed by atoms with E-state index in [2.05, 4.69) is 35.0 Å². The van der Waals surface area contributed by atoms with Crippen LogP contribution in [0.3, 0.4) is 0 Å². The van der Waals surface area contributed by atoms with Gasteiger partial charge in [-0.15, -0.1) is 0 Å². The first kappa shape index (κ1) is 16.2. The highest BCUT2D eigenvalue weighted by Crippen LogP contribution is 2.42. The zero-order valence-electron chi connectivity index (χ0n) is 15.7. The topological polar surface area (TPSA) is 63.3 Å². The zero-order chi connectivity index (χ0) is 18.7. The number of aromatic nitrogens is 2. The van der Waals surface area contributed by atoms with Gasteiger partial charge in [0.15, 0.2) is 5.82 Å². The number of anilines is 1. The van der Waals surface area contributed by atoms with E-state index in [9.17, 15) is 4.79 Å². The van der Waals surface area contributed by atoms with Crippen LogP contribution in [0, 0.1) is 20.8 Å². The number of amides is 1. The van der Waals surface area contributed by atoms with Crippen LogP contribution in [0.5, 0.6) is 0 Å². The number of carbonyl (C=O) groups excluding carboxylic acids is 1. The average molecular weight is 362 g/mol. The van der Waals surface area contributed by atoms with E-state index in [0.717, 1.165) is 52.6 Å². The van der Waals surface area contributed by atoms with Gasteiger partial charge in [-0.25, -0.2) is 0 Å². The number of carbonyl (C=O) groups is 1. The van der Waals surface area contributed by atoms with E-state index < -0.39 is 0 Å². The number of nitrogens with one attached hydrogen (secondary N) is 1. The Balaban J connectivity index is 1.62. The number of nitrogens with zero attached hydrogens (tertiary/aromatic N) is 3. The number of para-hydroxylation sites is 1. The Morgan fingerprint density at radius 2 is 1.93 bits per heavy atom. The normalized spacial score (nSPS) is 19.1. The molecule has 27 heavy (non-hydrogen) atoms. The van der Waals surface area contributed by atoms with Gasteiger partial charge in [-0.2, -0.15) is 0 Å². The minimum Gasteiger partial charge on any atom is -0.361 e. The smallest absolute Gasteiger partial charge is 0.258 e. The van der Waals surface area contributed by atoms with Crippen LogP contribution in [0.15, 0.2) is 40.9 Å². The molecular weight excluding hydrogens is 340 g/mol. The molecule has 1 aromatic carbocycles. The van der Waals surface area contributed by atoms with E-state index in [-0.39, 0.29) is 12.1 Å². The SMILES string of the molecule is Cc1cc(-n2c(C)cc(C3Nc4ccccc4C(=O)N3C3CC3)c2C)no1. The molecule has 1 aliphatic carbocycles. The Morgan fingerprint density at radius 3 is 2.63 bits per heavy atom. The molecule has 3 aromatic rings. The van der Waals surface area contributed by atoms with Crippen LogP contribution in [-0.4, -0.2) is 26.6 Å². The minimum atomic E-state index is -0.173. The summed E-state index contributed by atoms with van der Waals surface area (Å²) in [5, 5.41) is 7.77. The van der Waals surface area contributed by atoms with E-state index in [1.54, 1.807) is 0 Å². The fraction of sp³-hybridized carbons (Fsp3) is 0.333. The Kier molecular flexibility index (Phi) is 3.44. The van der Waals surface area contributed by atoms with E-state index >= 15 is 0 Å². The van der Waals surface area contributed by atoms with Crippen molar-refractivity contribution < 1.29 is 9.32 Å². The summed E-state index contributed by atoms with van der Waals surface area (Å²) >= 11 is 0. The fourth-order valence-electron chi connectivity index (χ4n) is 4.10. The number of benzene rings is 1. The lowest BCUT2D eigenvalue weighted by Crippen LogP contribution is -2.44. The molecule has 6 heteroatoms. The van der Waals surface area contributed by atoms with Crippen molar-refractivity contribution in [1.82, 2.24) is 14.6 Å². The third-order valence-corrected chi connectivity index (χ3v) is 5.51. The van der Waals surface area contributed by atoms with Crippen LogP contribution in [0.25, 0.3) is 5.82 Å². The molecule has 1 amide bonds. The van der Waals surface area contributed by atoms with Crippen molar-refractivity contribution in [3.8, 4) is 5.82 Å². The van der Waals surface area contributed by atoms with Gasteiger partial charge in [-0.3, -0.25) is 9.36 Å². The average Bonchev–Trinajstić information content (AvgIpc) is 3.33. The molecule has 1 saturated carbocycles. The molecule has 2 aromatic heterocycles. The lowest BCUT2D eigenvalue weighted by molar-refractivity contribution is 0.0666. The molecule has 1 atom stereocenters. The molecule has 5 rings (SSSR count). The third-order valence-electron chi connectivity index (χ3n) is 5.51. The van der Waals surface area contributed by atoms with Gasteiger partial charge >= 0.3 is 0 Å². The first-order valence-electron chi connectivity index (χ1n) is 9.35. The quantitative estimate of drug-likeness (QED) is 0.761. The molecule has 3 heterocycles. The highest BCUT2D eigenvalue weighted by Gasteiger charge is 2.43. The molecule has 0 saturated heterocycles. The van der Waals surface area contributed by atoms with Gasteiger partial charge < -0.3 is 14.7 Å². The lowest BCUT2D eigenvalue weighted by atomic mass is 10.0. The summed E-state index contributed by atoms with van der Waals surface area (Å²) in [5.74, 6) is 1.66. The van der Waals surface area contributed by atoms with Gasteiger partial charge in [-0.1, -0.05) is 17.3 Å².